The molecule has 1 aromatic heterocycles. The van der Waals surface area contributed by atoms with Gasteiger partial charge < -0.3 is 0 Å². The summed E-state index contributed by atoms with van der Waals surface area (Å²) in [7, 11) is 0. The molecule has 0 saturated carbocycles. The molecular weight excluding hydrogens is 308 g/mol. The minimum Gasteiger partial charge on any atom is -0.144 e. The van der Waals surface area contributed by atoms with Crippen molar-refractivity contribution >= 4 is 11.3 Å². The quantitative estimate of drug-likeness (QED) is 0.377. The topological polar surface area (TPSA) is 0 Å². The van der Waals surface area contributed by atoms with Crippen LogP contribution in [0.25, 0.3) is 0 Å². The Morgan fingerprint density at radius 3 is 1.79 bits per heavy atom. The Bertz CT molecular complexity index is 498. The normalized spacial score (nSPS) is 16.8. The number of hydrogen-bond donors (Lipinski definition) is 0. The van der Waals surface area contributed by atoms with E-state index in [2.05, 4.69) is 66.7 Å². The number of rotatable bonds is 11. The highest BCUT2D eigenvalue weighted by molar-refractivity contribution is 7.12. The summed E-state index contributed by atoms with van der Waals surface area (Å²) in [4.78, 5) is 3.40. The molecule has 1 aromatic rings. The molecule has 1 heterocycles. The minimum atomic E-state index is 0.363. The fourth-order valence-electron chi connectivity index (χ4n) is 4.34. The summed E-state index contributed by atoms with van der Waals surface area (Å²) in [5.74, 6) is 0. The molecule has 0 aliphatic rings. The minimum absolute atomic E-state index is 0.363. The molecule has 0 radical (unpaired) electrons. The highest BCUT2D eigenvalue weighted by atomic mass is 32.1. The Balaban J connectivity index is 3.55. The Morgan fingerprint density at radius 1 is 0.750 bits per heavy atom. The van der Waals surface area contributed by atoms with Gasteiger partial charge in [0.15, 0.2) is 0 Å². The molecule has 2 atom stereocenters. The van der Waals surface area contributed by atoms with Crippen LogP contribution in [-0.4, -0.2) is 0 Å². The van der Waals surface area contributed by atoms with Gasteiger partial charge in [0.2, 0.25) is 0 Å². The van der Waals surface area contributed by atoms with Crippen LogP contribution >= 0.6 is 11.3 Å². The molecule has 0 bridgehead atoms. The smallest absolute Gasteiger partial charge is 0.0142 e. The van der Waals surface area contributed by atoms with Crippen molar-refractivity contribution in [1.82, 2.24) is 0 Å². The second kappa shape index (κ2) is 9.41. The first-order chi connectivity index (χ1) is 11.4. The van der Waals surface area contributed by atoms with E-state index in [-0.39, 0.29) is 0 Å². The van der Waals surface area contributed by atoms with Crippen molar-refractivity contribution < 1.29 is 0 Å². The maximum Gasteiger partial charge on any atom is 0.0142 e. The summed E-state index contributed by atoms with van der Waals surface area (Å²) >= 11 is 2.16. The summed E-state index contributed by atoms with van der Waals surface area (Å²) in [5.41, 5.74) is 4.20. The van der Waals surface area contributed by atoms with Crippen molar-refractivity contribution in [1.29, 1.82) is 0 Å². The average molecular weight is 351 g/mol. The number of hydrogen-bond acceptors (Lipinski definition) is 1. The van der Waals surface area contributed by atoms with Gasteiger partial charge in [-0.1, -0.05) is 74.7 Å². The molecule has 1 heteroatoms. The van der Waals surface area contributed by atoms with Crippen LogP contribution in [0.3, 0.4) is 0 Å². The molecule has 0 aromatic carbocycles. The maximum atomic E-state index is 2.54. The lowest BCUT2D eigenvalue weighted by molar-refractivity contribution is 0.393. The highest BCUT2D eigenvalue weighted by Crippen LogP contribution is 2.48. The third-order valence-corrected chi connectivity index (χ3v) is 8.03. The van der Waals surface area contributed by atoms with Crippen molar-refractivity contribution in [2.24, 2.45) is 0 Å². The summed E-state index contributed by atoms with van der Waals surface area (Å²) in [6.45, 7) is 19.2. The summed E-state index contributed by atoms with van der Waals surface area (Å²) in [5, 5.41) is 0. The predicted molar refractivity (Wildman–Crippen MR) is 113 cm³/mol. The lowest BCUT2D eigenvalue weighted by atomic mass is 9.71. The molecule has 0 N–H and O–H groups in total. The van der Waals surface area contributed by atoms with E-state index < -0.39 is 0 Å². The van der Waals surface area contributed by atoms with Crippen molar-refractivity contribution in [2.75, 3.05) is 0 Å². The van der Waals surface area contributed by atoms with Crippen molar-refractivity contribution in [2.45, 2.75) is 124 Å². The van der Waals surface area contributed by atoms with Gasteiger partial charge in [0.05, 0.1) is 0 Å². The van der Waals surface area contributed by atoms with E-state index in [9.17, 15) is 0 Å². The second-order valence-electron chi connectivity index (χ2n) is 8.10. The van der Waals surface area contributed by atoms with Crippen LogP contribution in [0.5, 0.6) is 0 Å². The summed E-state index contributed by atoms with van der Waals surface area (Å²) in [6.07, 6.45) is 11.5. The zero-order valence-electron chi connectivity index (χ0n) is 17.8. The van der Waals surface area contributed by atoms with Gasteiger partial charge in [-0.15, -0.1) is 11.3 Å². The molecule has 0 saturated heterocycles. The molecular formula is C23H42S. The Hall–Kier alpha value is -0.300. The van der Waals surface area contributed by atoms with E-state index in [1.165, 1.54) is 57.8 Å². The van der Waals surface area contributed by atoms with Gasteiger partial charge in [0.25, 0.3) is 0 Å². The molecule has 0 amide bonds. The van der Waals surface area contributed by atoms with Gasteiger partial charge in [-0.3, -0.25) is 0 Å². The van der Waals surface area contributed by atoms with Gasteiger partial charge in [-0.05, 0) is 55.1 Å². The van der Waals surface area contributed by atoms with Gasteiger partial charge >= 0.3 is 0 Å². The number of aryl methyl sites for hydroxylation is 1. The molecule has 0 fully saturated rings. The van der Waals surface area contributed by atoms with Gasteiger partial charge in [0.1, 0.15) is 0 Å². The molecule has 0 nitrogen and oxygen atoms in total. The number of thiophene rings is 1. The molecule has 1 rings (SSSR count). The van der Waals surface area contributed by atoms with Crippen LogP contribution in [0.4, 0.5) is 0 Å². The van der Waals surface area contributed by atoms with Crippen LogP contribution in [0.15, 0.2) is 0 Å². The van der Waals surface area contributed by atoms with Crippen molar-refractivity contribution in [3.63, 3.8) is 0 Å². The third-order valence-electron chi connectivity index (χ3n) is 6.35. The third kappa shape index (κ3) is 4.26. The number of unbranched alkanes of at least 4 members (excludes halogenated alkanes) is 1. The molecule has 0 aliphatic carbocycles. The van der Waals surface area contributed by atoms with Crippen molar-refractivity contribution in [3.05, 3.63) is 20.9 Å². The SMILES string of the molecule is CCCCC(C)(CC)c1c(CC)sc(C(C)(CC)CCC)c1CC. The Labute approximate surface area is 156 Å². The zero-order valence-corrected chi connectivity index (χ0v) is 18.6. The van der Waals surface area contributed by atoms with Crippen LogP contribution in [-0.2, 0) is 23.7 Å². The van der Waals surface area contributed by atoms with E-state index >= 15 is 0 Å². The highest BCUT2D eigenvalue weighted by Gasteiger charge is 2.36. The first-order valence-corrected chi connectivity index (χ1v) is 11.3. The molecule has 2 unspecified atom stereocenters. The predicted octanol–water partition coefficient (Wildman–Crippen LogP) is 8.20. The fraction of sp³-hybridized carbons (Fsp3) is 0.826. The van der Waals surface area contributed by atoms with E-state index in [0.29, 0.717) is 10.8 Å². The van der Waals surface area contributed by atoms with Gasteiger partial charge in [-0.25, -0.2) is 0 Å². The summed E-state index contributed by atoms with van der Waals surface area (Å²) in [6, 6.07) is 0. The molecule has 0 spiro atoms. The van der Waals surface area contributed by atoms with E-state index in [4.69, 9.17) is 0 Å². The van der Waals surface area contributed by atoms with Crippen LogP contribution in [0.2, 0.25) is 0 Å². The second-order valence-corrected chi connectivity index (χ2v) is 9.20. The molecule has 0 aliphatic heterocycles. The van der Waals surface area contributed by atoms with E-state index in [0.717, 1.165) is 0 Å². The first-order valence-electron chi connectivity index (χ1n) is 10.5. The lowest BCUT2D eigenvalue weighted by Gasteiger charge is -2.33. The molecule has 24 heavy (non-hydrogen) atoms. The largest absolute Gasteiger partial charge is 0.144 e. The van der Waals surface area contributed by atoms with Crippen LogP contribution in [0.1, 0.15) is 121 Å². The fourth-order valence-corrected chi connectivity index (χ4v) is 6.07. The van der Waals surface area contributed by atoms with Crippen molar-refractivity contribution in [3.8, 4) is 0 Å². The lowest BCUT2D eigenvalue weighted by Crippen LogP contribution is -2.25. The van der Waals surface area contributed by atoms with Gasteiger partial charge in [-0.2, -0.15) is 0 Å². The van der Waals surface area contributed by atoms with E-state index in [1.54, 1.807) is 20.9 Å². The zero-order chi connectivity index (χ0) is 18.4. The van der Waals surface area contributed by atoms with Crippen LogP contribution in [0, 0.1) is 0 Å². The monoisotopic (exact) mass is 350 g/mol. The standard InChI is InChI=1S/C23H42S/c1-9-15-17-22(7,13-5)20-18(11-3)21(24-19(20)12-4)23(8,14-6)16-10-2/h9-17H2,1-8H3. The Kier molecular flexibility index (Phi) is 8.53. The van der Waals surface area contributed by atoms with Gasteiger partial charge in [0, 0.05) is 15.2 Å². The first kappa shape index (κ1) is 21.7. The summed E-state index contributed by atoms with van der Waals surface area (Å²) < 4.78 is 0. The average Bonchev–Trinajstić information content (AvgIpc) is 2.99. The Morgan fingerprint density at radius 2 is 1.38 bits per heavy atom. The van der Waals surface area contributed by atoms with E-state index in [1.807, 2.05) is 0 Å². The maximum absolute atomic E-state index is 2.54. The van der Waals surface area contributed by atoms with Crippen LogP contribution < -0.4 is 0 Å². The molecule has 140 valence electrons.